The van der Waals surface area contributed by atoms with Crippen molar-refractivity contribution in [1.82, 2.24) is 0 Å². The highest BCUT2D eigenvalue weighted by molar-refractivity contribution is 5.40. The Bertz CT molecular complexity index is 630. The van der Waals surface area contributed by atoms with Crippen LogP contribution in [0.1, 0.15) is 49.3 Å². The van der Waals surface area contributed by atoms with Gasteiger partial charge in [-0.2, -0.15) is 0 Å². The van der Waals surface area contributed by atoms with Crippen LogP contribution in [0.15, 0.2) is 36.4 Å². The Kier molecular flexibility index (Phi) is 5.17. The van der Waals surface area contributed by atoms with Gasteiger partial charge in [0.1, 0.15) is 17.4 Å². The highest BCUT2D eigenvalue weighted by Gasteiger charge is 2.13. The van der Waals surface area contributed by atoms with Crippen LogP contribution < -0.4 is 4.74 Å². The number of rotatable bonds is 5. The fourth-order valence-corrected chi connectivity index (χ4v) is 2.69. The lowest BCUT2D eigenvalue weighted by Crippen LogP contribution is -2.02. The van der Waals surface area contributed by atoms with E-state index in [9.17, 15) is 8.78 Å². The van der Waals surface area contributed by atoms with Gasteiger partial charge in [0, 0.05) is 6.07 Å². The SMILES string of the molecule is COc1ccc(CC(C)c2cc(F)cc(F)c2)cc1C(C)C. The maximum absolute atomic E-state index is 13.3. The van der Waals surface area contributed by atoms with E-state index in [-0.39, 0.29) is 5.92 Å². The first kappa shape index (κ1) is 16.5. The monoisotopic (exact) mass is 304 g/mol. The second kappa shape index (κ2) is 6.91. The third-order valence-corrected chi connectivity index (χ3v) is 3.91. The van der Waals surface area contributed by atoms with E-state index in [1.54, 1.807) is 7.11 Å². The summed E-state index contributed by atoms with van der Waals surface area (Å²) < 4.78 is 32.1. The van der Waals surface area contributed by atoms with Crippen LogP contribution in [0.3, 0.4) is 0 Å². The molecule has 3 heteroatoms. The summed E-state index contributed by atoms with van der Waals surface area (Å²) in [6.07, 6.45) is 0.729. The fourth-order valence-electron chi connectivity index (χ4n) is 2.69. The van der Waals surface area contributed by atoms with Crippen molar-refractivity contribution in [3.8, 4) is 5.75 Å². The highest BCUT2D eigenvalue weighted by Crippen LogP contribution is 2.30. The standard InChI is InChI=1S/C19H22F2O/c1-12(2)18-8-14(5-6-19(18)22-4)7-13(3)15-9-16(20)11-17(21)10-15/h5-6,8-13H,7H2,1-4H3. The molecule has 1 nitrogen and oxygen atoms in total. The molecule has 118 valence electrons. The zero-order valence-electron chi connectivity index (χ0n) is 13.5. The van der Waals surface area contributed by atoms with Crippen molar-refractivity contribution in [3.63, 3.8) is 0 Å². The van der Waals surface area contributed by atoms with Crippen molar-refractivity contribution in [1.29, 1.82) is 0 Å². The summed E-state index contributed by atoms with van der Waals surface area (Å²) in [5, 5.41) is 0. The molecule has 2 aromatic carbocycles. The van der Waals surface area contributed by atoms with Crippen LogP contribution >= 0.6 is 0 Å². The zero-order chi connectivity index (χ0) is 16.3. The lowest BCUT2D eigenvalue weighted by atomic mass is 9.91. The molecule has 22 heavy (non-hydrogen) atoms. The van der Waals surface area contributed by atoms with E-state index < -0.39 is 11.6 Å². The molecule has 0 radical (unpaired) electrons. The van der Waals surface area contributed by atoms with Gasteiger partial charge in [-0.05, 0) is 53.1 Å². The Balaban J connectivity index is 2.24. The number of hydrogen-bond acceptors (Lipinski definition) is 1. The minimum absolute atomic E-state index is 0.0404. The average molecular weight is 304 g/mol. The first-order valence-electron chi connectivity index (χ1n) is 7.53. The first-order valence-corrected chi connectivity index (χ1v) is 7.53. The van der Waals surface area contributed by atoms with Gasteiger partial charge in [-0.25, -0.2) is 8.78 Å². The van der Waals surface area contributed by atoms with E-state index in [1.165, 1.54) is 12.1 Å². The summed E-state index contributed by atoms with van der Waals surface area (Å²) in [5.74, 6) is 0.220. The van der Waals surface area contributed by atoms with Crippen LogP contribution in [0.4, 0.5) is 8.78 Å². The van der Waals surface area contributed by atoms with Gasteiger partial charge in [0.2, 0.25) is 0 Å². The van der Waals surface area contributed by atoms with E-state index in [1.807, 2.05) is 19.1 Å². The topological polar surface area (TPSA) is 9.23 Å². The Morgan fingerprint density at radius 1 is 0.955 bits per heavy atom. The van der Waals surface area contributed by atoms with Gasteiger partial charge in [0.25, 0.3) is 0 Å². The van der Waals surface area contributed by atoms with Crippen molar-refractivity contribution in [3.05, 3.63) is 64.7 Å². The number of ether oxygens (including phenoxy) is 1. The van der Waals surface area contributed by atoms with Gasteiger partial charge < -0.3 is 4.74 Å². The van der Waals surface area contributed by atoms with Crippen molar-refractivity contribution in [2.24, 2.45) is 0 Å². The van der Waals surface area contributed by atoms with Crippen molar-refractivity contribution in [2.45, 2.75) is 39.0 Å². The van der Waals surface area contributed by atoms with E-state index >= 15 is 0 Å². The van der Waals surface area contributed by atoms with E-state index in [0.717, 1.165) is 29.4 Å². The molecule has 0 aliphatic heterocycles. The Labute approximate surface area is 130 Å². The molecule has 0 aliphatic carbocycles. The Hall–Kier alpha value is -1.90. The van der Waals surface area contributed by atoms with Crippen LogP contribution in [0, 0.1) is 11.6 Å². The summed E-state index contributed by atoms with van der Waals surface area (Å²) in [7, 11) is 1.67. The van der Waals surface area contributed by atoms with E-state index in [2.05, 4.69) is 19.9 Å². The summed E-state index contributed by atoms with van der Waals surface area (Å²) in [4.78, 5) is 0. The van der Waals surface area contributed by atoms with Crippen molar-refractivity contribution >= 4 is 0 Å². The molecule has 0 amide bonds. The quantitative estimate of drug-likeness (QED) is 0.714. The molecule has 0 spiro atoms. The first-order chi connectivity index (χ1) is 10.4. The molecule has 2 aromatic rings. The summed E-state index contributed by atoms with van der Waals surface area (Å²) in [5.41, 5.74) is 2.97. The molecule has 0 bridgehead atoms. The summed E-state index contributed by atoms with van der Waals surface area (Å²) in [6, 6.07) is 9.80. The van der Waals surface area contributed by atoms with Crippen LogP contribution in [-0.4, -0.2) is 7.11 Å². The number of methoxy groups -OCH3 is 1. The maximum atomic E-state index is 13.3. The number of halogens is 2. The lowest BCUT2D eigenvalue weighted by Gasteiger charge is -2.16. The minimum atomic E-state index is -0.528. The summed E-state index contributed by atoms with van der Waals surface area (Å²) >= 11 is 0. The van der Waals surface area contributed by atoms with Crippen molar-refractivity contribution in [2.75, 3.05) is 7.11 Å². The molecular weight excluding hydrogens is 282 g/mol. The fraction of sp³-hybridized carbons (Fsp3) is 0.368. The molecule has 0 aliphatic rings. The van der Waals surface area contributed by atoms with Crippen LogP contribution in [0.5, 0.6) is 5.75 Å². The van der Waals surface area contributed by atoms with Gasteiger partial charge in [-0.3, -0.25) is 0 Å². The van der Waals surface area contributed by atoms with Gasteiger partial charge in [-0.15, -0.1) is 0 Å². The zero-order valence-corrected chi connectivity index (χ0v) is 13.5. The molecule has 1 atom stereocenters. The summed E-state index contributed by atoms with van der Waals surface area (Å²) in [6.45, 7) is 6.22. The van der Waals surface area contributed by atoms with E-state index in [4.69, 9.17) is 4.74 Å². The van der Waals surface area contributed by atoms with E-state index in [0.29, 0.717) is 11.5 Å². The smallest absolute Gasteiger partial charge is 0.126 e. The molecule has 0 saturated carbocycles. The Morgan fingerprint density at radius 2 is 1.59 bits per heavy atom. The maximum Gasteiger partial charge on any atom is 0.126 e. The van der Waals surface area contributed by atoms with Crippen LogP contribution in [-0.2, 0) is 6.42 Å². The molecule has 0 aromatic heterocycles. The van der Waals surface area contributed by atoms with Crippen LogP contribution in [0.2, 0.25) is 0 Å². The predicted octanol–water partition coefficient (Wildman–Crippen LogP) is 5.44. The number of hydrogen-bond donors (Lipinski definition) is 0. The van der Waals surface area contributed by atoms with Gasteiger partial charge in [0.15, 0.2) is 0 Å². The van der Waals surface area contributed by atoms with Gasteiger partial charge in [0.05, 0.1) is 7.11 Å². The van der Waals surface area contributed by atoms with Crippen LogP contribution in [0.25, 0.3) is 0 Å². The molecule has 0 N–H and O–H groups in total. The largest absolute Gasteiger partial charge is 0.496 e. The predicted molar refractivity (Wildman–Crippen MR) is 85.6 cm³/mol. The number of benzene rings is 2. The molecule has 0 saturated heterocycles. The molecule has 0 fully saturated rings. The molecule has 0 heterocycles. The normalized spacial score (nSPS) is 12.5. The molecule has 2 rings (SSSR count). The average Bonchev–Trinajstić information content (AvgIpc) is 2.46. The Morgan fingerprint density at radius 3 is 2.14 bits per heavy atom. The molecule has 1 unspecified atom stereocenters. The second-order valence-electron chi connectivity index (χ2n) is 6.04. The minimum Gasteiger partial charge on any atom is -0.496 e. The third-order valence-electron chi connectivity index (χ3n) is 3.91. The van der Waals surface area contributed by atoms with Gasteiger partial charge in [-0.1, -0.05) is 32.9 Å². The third kappa shape index (κ3) is 3.85. The second-order valence-corrected chi connectivity index (χ2v) is 6.04. The molecular formula is C19H22F2O. The van der Waals surface area contributed by atoms with Crippen molar-refractivity contribution < 1.29 is 13.5 Å². The highest BCUT2D eigenvalue weighted by atomic mass is 19.1. The van der Waals surface area contributed by atoms with Gasteiger partial charge >= 0.3 is 0 Å². The lowest BCUT2D eigenvalue weighted by molar-refractivity contribution is 0.407.